The second-order valence-electron chi connectivity index (χ2n) is 3.11. The van der Waals surface area contributed by atoms with Gasteiger partial charge in [-0.2, -0.15) is 0 Å². The zero-order valence-electron chi connectivity index (χ0n) is 8.45. The van der Waals surface area contributed by atoms with Crippen LogP contribution in [-0.4, -0.2) is 15.0 Å². The summed E-state index contributed by atoms with van der Waals surface area (Å²) in [6.45, 7) is 2.44. The van der Waals surface area contributed by atoms with E-state index in [0.29, 0.717) is 12.4 Å². The normalized spacial score (nSPS) is 10.4. The van der Waals surface area contributed by atoms with Gasteiger partial charge in [-0.15, -0.1) is 11.3 Å². The summed E-state index contributed by atoms with van der Waals surface area (Å²) >= 11 is 7.35. The van der Waals surface area contributed by atoms with E-state index in [9.17, 15) is 4.79 Å². The molecule has 16 heavy (non-hydrogen) atoms. The van der Waals surface area contributed by atoms with Gasteiger partial charge in [0.2, 0.25) is 0 Å². The number of hydrogen-bond donors (Lipinski definition) is 2. The lowest BCUT2D eigenvalue weighted by atomic mass is 10.4. The second-order valence-corrected chi connectivity index (χ2v) is 4.55. The molecule has 0 bridgehead atoms. The molecule has 0 spiro atoms. The minimum Gasteiger partial charge on any atom is -0.363 e. The molecule has 2 N–H and O–H groups in total. The Labute approximate surface area is 101 Å². The smallest absolute Gasteiger partial charge is 0.271 e. The van der Waals surface area contributed by atoms with Crippen molar-refractivity contribution in [2.24, 2.45) is 0 Å². The lowest BCUT2D eigenvalue weighted by molar-refractivity contribution is 1.02. The van der Waals surface area contributed by atoms with E-state index in [1.54, 1.807) is 11.3 Å². The molecular formula is C9H9ClN4OS. The van der Waals surface area contributed by atoms with E-state index >= 15 is 0 Å². The van der Waals surface area contributed by atoms with E-state index in [-0.39, 0.29) is 10.6 Å². The standard InChI is InChI=1S/C9H9ClN4OS/c1-5-14-6(3-16-5)2-11-8-7(10)9(15)13-4-12-8/h3-4H,2H2,1H3,(H2,11,12,13,15). The zero-order valence-corrected chi connectivity index (χ0v) is 10.0. The Morgan fingerprint density at radius 3 is 3.12 bits per heavy atom. The van der Waals surface area contributed by atoms with Gasteiger partial charge in [0.15, 0.2) is 5.82 Å². The van der Waals surface area contributed by atoms with Crippen LogP contribution >= 0.6 is 22.9 Å². The lowest BCUT2D eigenvalue weighted by Gasteiger charge is -2.03. The minimum absolute atomic E-state index is 0.0643. The number of thiazole rings is 1. The molecule has 0 atom stereocenters. The summed E-state index contributed by atoms with van der Waals surface area (Å²) in [5.41, 5.74) is 0.550. The fourth-order valence-corrected chi connectivity index (χ4v) is 1.95. The molecule has 0 aromatic carbocycles. The summed E-state index contributed by atoms with van der Waals surface area (Å²) in [5.74, 6) is 0.371. The third-order valence-corrected chi connectivity index (χ3v) is 3.07. The first-order valence-corrected chi connectivity index (χ1v) is 5.80. The number of aromatic amines is 1. The molecule has 2 aromatic heterocycles. The highest BCUT2D eigenvalue weighted by atomic mass is 35.5. The number of aromatic nitrogens is 3. The molecule has 0 radical (unpaired) electrons. The summed E-state index contributed by atoms with van der Waals surface area (Å²) in [7, 11) is 0. The molecule has 0 aliphatic rings. The predicted molar refractivity (Wildman–Crippen MR) is 64.0 cm³/mol. The van der Waals surface area contributed by atoms with Crippen LogP contribution in [0.1, 0.15) is 10.7 Å². The number of anilines is 1. The Balaban J connectivity index is 2.10. The van der Waals surface area contributed by atoms with Crippen LogP contribution in [0.15, 0.2) is 16.5 Å². The number of aryl methyl sites for hydroxylation is 1. The van der Waals surface area contributed by atoms with Crippen molar-refractivity contribution in [2.75, 3.05) is 5.32 Å². The van der Waals surface area contributed by atoms with E-state index in [1.165, 1.54) is 6.33 Å². The van der Waals surface area contributed by atoms with Crippen molar-refractivity contribution < 1.29 is 0 Å². The number of hydrogen-bond acceptors (Lipinski definition) is 5. The average molecular weight is 257 g/mol. The van der Waals surface area contributed by atoms with Crippen molar-refractivity contribution in [1.82, 2.24) is 15.0 Å². The van der Waals surface area contributed by atoms with Crippen molar-refractivity contribution >= 4 is 28.8 Å². The molecular weight excluding hydrogens is 248 g/mol. The quantitative estimate of drug-likeness (QED) is 0.879. The second kappa shape index (κ2) is 4.63. The van der Waals surface area contributed by atoms with Gasteiger partial charge in [-0.25, -0.2) is 9.97 Å². The molecule has 0 saturated heterocycles. The van der Waals surface area contributed by atoms with Crippen molar-refractivity contribution in [3.8, 4) is 0 Å². The van der Waals surface area contributed by atoms with Crippen LogP contribution in [0.4, 0.5) is 5.82 Å². The Hall–Kier alpha value is -1.40. The fourth-order valence-electron chi connectivity index (χ4n) is 1.17. The Kier molecular flexibility index (Phi) is 3.21. The molecule has 0 unspecified atom stereocenters. The Morgan fingerprint density at radius 2 is 2.44 bits per heavy atom. The lowest BCUT2D eigenvalue weighted by Crippen LogP contribution is -2.11. The molecule has 84 valence electrons. The summed E-state index contributed by atoms with van der Waals surface area (Å²) in [6.07, 6.45) is 1.31. The first-order chi connectivity index (χ1) is 7.66. The van der Waals surface area contributed by atoms with E-state index in [4.69, 9.17) is 11.6 Å². The highest BCUT2D eigenvalue weighted by Crippen LogP contribution is 2.14. The number of nitrogens with zero attached hydrogens (tertiary/aromatic N) is 2. The van der Waals surface area contributed by atoms with Crippen molar-refractivity contribution in [3.63, 3.8) is 0 Å². The van der Waals surface area contributed by atoms with Gasteiger partial charge in [0.25, 0.3) is 5.56 Å². The molecule has 0 fully saturated rings. The molecule has 0 aliphatic heterocycles. The maximum Gasteiger partial charge on any atom is 0.271 e. The van der Waals surface area contributed by atoms with Gasteiger partial charge in [0.1, 0.15) is 5.02 Å². The monoisotopic (exact) mass is 256 g/mol. The Bertz CT molecular complexity index is 550. The van der Waals surface area contributed by atoms with E-state index < -0.39 is 0 Å². The minimum atomic E-state index is -0.353. The average Bonchev–Trinajstić information content (AvgIpc) is 2.67. The van der Waals surface area contributed by atoms with Crippen LogP contribution in [0.3, 0.4) is 0 Å². The first-order valence-electron chi connectivity index (χ1n) is 4.55. The van der Waals surface area contributed by atoms with Crippen LogP contribution in [0.2, 0.25) is 5.02 Å². The summed E-state index contributed by atoms with van der Waals surface area (Å²) < 4.78 is 0. The topological polar surface area (TPSA) is 70.7 Å². The fraction of sp³-hybridized carbons (Fsp3) is 0.222. The molecule has 2 aromatic rings. The van der Waals surface area contributed by atoms with Gasteiger partial charge in [-0.3, -0.25) is 4.79 Å². The SMILES string of the molecule is Cc1nc(CNc2nc[nH]c(=O)c2Cl)cs1. The number of rotatable bonds is 3. The first kappa shape index (κ1) is 11.1. The van der Waals surface area contributed by atoms with E-state index in [1.807, 2.05) is 12.3 Å². The summed E-state index contributed by atoms with van der Waals surface area (Å²) in [4.78, 5) is 21.8. The number of halogens is 1. The van der Waals surface area contributed by atoms with Crippen LogP contribution in [0, 0.1) is 6.92 Å². The summed E-state index contributed by atoms with van der Waals surface area (Å²) in [6, 6.07) is 0. The predicted octanol–water partition coefficient (Wildman–Crippen LogP) is 1.80. The van der Waals surface area contributed by atoms with Crippen molar-refractivity contribution in [1.29, 1.82) is 0 Å². The van der Waals surface area contributed by atoms with Crippen molar-refractivity contribution in [3.05, 3.63) is 37.8 Å². The highest BCUT2D eigenvalue weighted by Gasteiger charge is 2.05. The highest BCUT2D eigenvalue weighted by molar-refractivity contribution is 7.09. The van der Waals surface area contributed by atoms with Gasteiger partial charge in [0.05, 0.1) is 23.6 Å². The van der Waals surface area contributed by atoms with Gasteiger partial charge in [-0.1, -0.05) is 11.6 Å². The van der Waals surface area contributed by atoms with Gasteiger partial charge < -0.3 is 10.3 Å². The maximum absolute atomic E-state index is 11.2. The molecule has 2 rings (SSSR count). The van der Waals surface area contributed by atoms with Gasteiger partial charge >= 0.3 is 0 Å². The number of nitrogens with one attached hydrogen (secondary N) is 2. The molecule has 2 heterocycles. The van der Waals surface area contributed by atoms with Crippen LogP contribution in [0.5, 0.6) is 0 Å². The third kappa shape index (κ3) is 2.40. The molecule has 0 amide bonds. The summed E-state index contributed by atoms with van der Waals surface area (Å²) in [5, 5.41) is 5.98. The molecule has 0 saturated carbocycles. The Morgan fingerprint density at radius 1 is 1.62 bits per heavy atom. The van der Waals surface area contributed by atoms with Crippen LogP contribution < -0.4 is 10.9 Å². The third-order valence-electron chi connectivity index (χ3n) is 1.90. The largest absolute Gasteiger partial charge is 0.363 e. The number of H-pyrrole nitrogens is 1. The van der Waals surface area contributed by atoms with Crippen LogP contribution in [-0.2, 0) is 6.54 Å². The van der Waals surface area contributed by atoms with Gasteiger partial charge in [0, 0.05) is 5.38 Å². The van der Waals surface area contributed by atoms with Gasteiger partial charge in [-0.05, 0) is 6.92 Å². The maximum atomic E-state index is 11.2. The molecule has 0 aliphatic carbocycles. The van der Waals surface area contributed by atoms with E-state index in [0.717, 1.165) is 10.7 Å². The molecule has 7 heteroatoms. The van der Waals surface area contributed by atoms with Crippen molar-refractivity contribution in [2.45, 2.75) is 13.5 Å². The zero-order chi connectivity index (χ0) is 11.5. The van der Waals surface area contributed by atoms with E-state index in [2.05, 4.69) is 20.3 Å². The van der Waals surface area contributed by atoms with Crippen LogP contribution in [0.25, 0.3) is 0 Å². The molecule has 5 nitrogen and oxygen atoms in total.